The smallest absolute Gasteiger partial charge is 0.271 e. The van der Waals surface area contributed by atoms with E-state index in [1.165, 1.54) is 30.5 Å². The van der Waals surface area contributed by atoms with Gasteiger partial charge in [-0.05, 0) is 52.3 Å². The molecule has 1 heterocycles. The molecule has 0 fully saturated rings. The summed E-state index contributed by atoms with van der Waals surface area (Å²) in [5.74, 6) is 1.03. The number of phenolic OH excluding ortho intramolecular Hbond substituents is 1. The Kier molecular flexibility index (Phi) is 3.97. The van der Waals surface area contributed by atoms with Gasteiger partial charge in [-0.25, -0.2) is 5.43 Å². The minimum absolute atomic E-state index is 0.101. The highest BCUT2D eigenvalue weighted by Gasteiger charge is 2.15. The lowest BCUT2D eigenvalue weighted by Gasteiger charge is -2.02. The number of aromatic hydroxyl groups is 1. The molecule has 2 N–H and O–H groups in total. The molecule has 0 saturated carbocycles. The number of hydrogen-bond donors (Lipinski definition) is 2. The van der Waals surface area contributed by atoms with Gasteiger partial charge in [-0.15, -0.1) is 0 Å². The van der Waals surface area contributed by atoms with E-state index in [9.17, 15) is 9.90 Å². The summed E-state index contributed by atoms with van der Waals surface area (Å²) in [6, 6.07) is 9.45. The van der Waals surface area contributed by atoms with Crippen molar-refractivity contribution in [2.45, 2.75) is 0 Å². The van der Waals surface area contributed by atoms with Crippen molar-refractivity contribution in [3.63, 3.8) is 0 Å². The molecule has 0 atom stereocenters. The molecule has 112 valence electrons. The number of benzene rings is 2. The molecule has 0 bridgehead atoms. The highest BCUT2D eigenvalue weighted by molar-refractivity contribution is 9.10. The molecule has 0 unspecified atom stereocenters. The number of rotatable bonds is 3. The molecule has 0 radical (unpaired) electrons. The van der Waals surface area contributed by atoms with E-state index in [2.05, 4.69) is 26.5 Å². The van der Waals surface area contributed by atoms with Crippen molar-refractivity contribution in [3.8, 4) is 17.2 Å². The number of nitrogens with one attached hydrogen (secondary N) is 1. The molecule has 1 aliphatic heterocycles. The molecule has 22 heavy (non-hydrogen) atoms. The number of hydrogen-bond acceptors (Lipinski definition) is 5. The van der Waals surface area contributed by atoms with Crippen LogP contribution in [0.2, 0.25) is 0 Å². The Labute approximate surface area is 134 Å². The topological polar surface area (TPSA) is 80.2 Å². The van der Waals surface area contributed by atoms with E-state index in [0.29, 0.717) is 17.1 Å². The van der Waals surface area contributed by atoms with Crippen LogP contribution in [0.1, 0.15) is 15.9 Å². The Morgan fingerprint density at radius 2 is 1.91 bits per heavy atom. The average molecular weight is 363 g/mol. The Balaban J connectivity index is 1.70. The summed E-state index contributed by atoms with van der Waals surface area (Å²) < 4.78 is 11.3. The van der Waals surface area contributed by atoms with Gasteiger partial charge in [-0.1, -0.05) is 0 Å². The average Bonchev–Trinajstić information content (AvgIpc) is 2.95. The van der Waals surface area contributed by atoms with Gasteiger partial charge in [0, 0.05) is 15.6 Å². The van der Waals surface area contributed by atoms with Gasteiger partial charge in [0.2, 0.25) is 6.79 Å². The van der Waals surface area contributed by atoms with Gasteiger partial charge in [-0.3, -0.25) is 4.79 Å². The summed E-state index contributed by atoms with van der Waals surface area (Å²) in [7, 11) is 0. The van der Waals surface area contributed by atoms with Gasteiger partial charge in [-0.2, -0.15) is 5.10 Å². The van der Waals surface area contributed by atoms with Crippen molar-refractivity contribution in [1.29, 1.82) is 0 Å². The number of amides is 1. The second-order valence-electron chi connectivity index (χ2n) is 4.47. The molecule has 0 spiro atoms. The van der Waals surface area contributed by atoms with Crippen LogP contribution >= 0.6 is 15.9 Å². The molecule has 2 aromatic rings. The fourth-order valence-electron chi connectivity index (χ4n) is 1.87. The van der Waals surface area contributed by atoms with Crippen molar-refractivity contribution >= 4 is 28.1 Å². The number of carbonyl (C=O) groups is 1. The lowest BCUT2D eigenvalue weighted by Crippen LogP contribution is -2.17. The fraction of sp³-hybridized carbons (Fsp3) is 0.0667. The quantitative estimate of drug-likeness (QED) is 0.649. The first-order chi connectivity index (χ1) is 10.6. The zero-order valence-electron chi connectivity index (χ0n) is 11.2. The molecule has 1 amide bonds. The van der Waals surface area contributed by atoms with E-state index in [-0.39, 0.29) is 18.4 Å². The van der Waals surface area contributed by atoms with Gasteiger partial charge in [0.05, 0.1) is 6.21 Å². The van der Waals surface area contributed by atoms with Crippen LogP contribution < -0.4 is 14.9 Å². The number of fused-ring (bicyclic) bond motifs is 1. The number of nitrogens with zero attached hydrogens (tertiary/aromatic N) is 1. The molecule has 0 aromatic heterocycles. The zero-order valence-corrected chi connectivity index (χ0v) is 12.8. The molecule has 0 aliphatic carbocycles. The van der Waals surface area contributed by atoms with E-state index in [1.54, 1.807) is 12.1 Å². The molecule has 2 aromatic carbocycles. The third-order valence-electron chi connectivity index (χ3n) is 2.99. The summed E-state index contributed by atoms with van der Waals surface area (Å²) in [5, 5.41) is 13.1. The van der Waals surface area contributed by atoms with Gasteiger partial charge in [0.15, 0.2) is 11.5 Å². The van der Waals surface area contributed by atoms with Crippen molar-refractivity contribution < 1.29 is 19.4 Å². The molecule has 6 nitrogen and oxygen atoms in total. The summed E-state index contributed by atoms with van der Waals surface area (Å²) in [4.78, 5) is 11.9. The molecular weight excluding hydrogens is 352 g/mol. The molecule has 0 saturated heterocycles. The number of phenols is 1. The third kappa shape index (κ3) is 3.04. The first-order valence-corrected chi connectivity index (χ1v) is 7.14. The van der Waals surface area contributed by atoms with Crippen LogP contribution in [-0.2, 0) is 0 Å². The maximum absolute atomic E-state index is 11.9. The summed E-state index contributed by atoms with van der Waals surface area (Å²) in [6.07, 6.45) is 1.50. The minimum Gasteiger partial charge on any atom is -0.508 e. The number of hydrazone groups is 1. The molecular formula is C15H11BrN2O4. The van der Waals surface area contributed by atoms with E-state index >= 15 is 0 Å². The van der Waals surface area contributed by atoms with Gasteiger partial charge in [0.25, 0.3) is 5.91 Å². The molecule has 7 heteroatoms. The zero-order chi connectivity index (χ0) is 15.5. The Bertz CT molecular complexity index is 744. The normalized spacial score (nSPS) is 12.6. The molecule has 1 aliphatic rings. The first-order valence-electron chi connectivity index (χ1n) is 6.35. The van der Waals surface area contributed by atoms with Crippen LogP contribution in [0.3, 0.4) is 0 Å². The largest absolute Gasteiger partial charge is 0.508 e. The van der Waals surface area contributed by atoms with Crippen LogP contribution in [0.4, 0.5) is 0 Å². The first kappa shape index (κ1) is 14.4. The Morgan fingerprint density at radius 1 is 1.23 bits per heavy atom. The van der Waals surface area contributed by atoms with Crippen LogP contribution in [0.25, 0.3) is 0 Å². The Hall–Kier alpha value is -2.54. The van der Waals surface area contributed by atoms with E-state index in [1.807, 2.05) is 0 Å². The maximum atomic E-state index is 11.9. The Morgan fingerprint density at radius 3 is 2.64 bits per heavy atom. The van der Waals surface area contributed by atoms with Crippen molar-refractivity contribution in [2.24, 2.45) is 5.10 Å². The van der Waals surface area contributed by atoms with Crippen LogP contribution in [0, 0.1) is 0 Å². The highest BCUT2D eigenvalue weighted by Crippen LogP contribution is 2.36. The predicted molar refractivity (Wildman–Crippen MR) is 83.4 cm³/mol. The van der Waals surface area contributed by atoms with Crippen molar-refractivity contribution in [2.75, 3.05) is 6.79 Å². The van der Waals surface area contributed by atoms with E-state index < -0.39 is 0 Å². The maximum Gasteiger partial charge on any atom is 0.271 e. The van der Waals surface area contributed by atoms with E-state index in [4.69, 9.17) is 9.47 Å². The number of carbonyl (C=O) groups excluding carboxylic acids is 1. The fourth-order valence-corrected chi connectivity index (χ4v) is 2.29. The third-order valence-corrected chi connectivity index (χ3v) is 3.68. The van der Waals surface area contributed by atoms with Gasteiger partial charge < -0.3 is 14.6 Å². The summed E-state index contributed by atoms with van der Waals surface area (Å²) in [6.45, 7) is 0.194. The van der Waals surface area contributed by atoms with Gasteiger partial charge in [0.1, 0.15) is 5.75 Å². The molecule has 3 rings (SSSR count). The van der Waals surface area contributed by atoms with Crippen LogP contribution in [0.5, 0.6) is 17.2 Å². The minimum atomic E-state index is -0.367. The second kappa shape index (κ2) is 6.07. The lowest BCUT2D eigenvalue weighted by atomic mass is 10.2. The van der Waals surface area contributed by atoms with Crippen molar-refractivity contribution in [1.82, 2.24) is 5.43 Å². The number of ether oxygens (including phenoxy) is 2. The van der Waals surface area contributed by atoms with E-state index in [0.717, 1.165) is 10.0 Å². The highest BCUT2D eigenvalue weighted by atomic mass is 79.9. The standard InChI is InChI=1S/C15H11BrN2O4/c16-12-6-14-13(21-8-22-14)5-10(12)7-17-18-15(20)9-1-3-11(19)4-2-9/h1-7,19H,8H2,(H,18,20)/b17-7-. The monoisotopic (exact) mass is 362 g/mol. The van der Waals surface area contributed by atoms with Crippen LogP contribution in [0.15, 0.2) is 46.0 Å². The van der Waals surface area contributed by atoms with Gasteiger partial charge >= 0.3 is 0 Å². The number of halogens is 1. The summed E-state index contributed by atoms with van der Waals surface area (Å²) >= 11 is 3.40. The predicted octanol–water partition coefficient (Wildman–Crippen LogP) is 2.65. The summed E-state index contributed by atoms with van der Waals surface area (Å²) in [5.41, 5.74) is 3.57. The lowest BCUT2D eigenvalue weighted by molar-refractivity contribution is 0.0955. The van der Waals surface area contributed by atoms with Crippen molar-refractivity contribution in [3.05, 3.63) is 52.0 Å². The SMILES string of the molecule is O=C(N/N=C\c1cc2c(cc1Br)OCO2)c1ccc(O)cc1. The second-order valence-corrected chi connectivity index (χ2v) is 5.33. The van der Waals surface area contributed by atoms with Crippen LogP contribution in [-0.4, -0.2) is 24.0 Å².